The van der Waals surface area contributed by atoms with Gasteiger partial charge in [-0.1, -0.05) is 25.0 Å². The molecule has 3 amide bonds. The van der Waals surface area contributed by atoms with Crippen molar-refractivity contribution in [3.8, 4) is 0 Å². The lowest BCUT2D eigenvalue weighted by molar-refractivity contribution is -0.136. The lowest BCUT2D eigenvalue weighted by Gasteiger charge is -2.29. The number of nitrogens with zero attached hydrogens (tertiary/aromatic N) is 1. The molecular weight excluding hydrogens is 292 g/mol. The Balaban J connectivity index is 1.64. The van der Waals surface area contributed by atoms with Gasteiger partial charge in [0.05, 0.1) is 0 Å². The number of hydrogen-bond acceptors (Lipinski definition) is 3. The van der Waals surface area contributed by atoms with E-state index in [1.54, 1.807) is 4.90 Å². The molecule has 5 nitrogen and oxygen atoms in total. The molecule has 4 rings (SSSR count). The van der Waals surface area contributed by atoms with Crippen molar-refractivity contribution < 1.29 is 14.4 Å². The summed E-state index contributed by atoms with van der Waals surface area (Å²) in [6.07, 6.45) is 5.58. The number of piperidine rings is 1. The predicted molar refractivity (Wildman–Crippen MR) is 83.7 cm³/mol. The summed E-state index contributed by atoms with van der Waals surface area (Å²) in [6, 6.07) is 5.43. The summed E-state index contributed by atoms with van der Waals surface area (Å²) in [4.78, 5) is 37.8. The monoisotopic (exact) mass is 312 g/mol. The summed E-state index contributed by atoms with van der Waals surface area (Å²) in [7, 11) is 0. The van der Waals surface area contributed by atoms with Crippen molar-refractivity contribution in [2.75, 3.05) is 0 Å². The van der Waals surface area contributed by atoms with Gasteiger partial charge in [-0.05, 0) is 42.4 Å². The van der Waals surface area contributed by atoms with Gasteiger partial charge >= 0.3 is 0 Å². The van der Waals surface area contributed by atoms with E-state index >= 15 is 0 Å². The highest BCUT2D eigenvalue weighted by Gasteiger charge is 2.40. The molecule has 2 fully saturated rings. The molecule has 0 aromatic heterocycles. The van der Waals surface area contributed by atoms with Gasteiger partial charge in [-0.15, -0.1) is 0 Å². The van der Waals surface area contributed by atoms with E-state index in [4.69, 9.17) is 0 Å². The number of carbonyl (C=O) groups excluding carboxylic acids is 3. The maximum absolute atomic E-state index is 12.8. The van der Waals surface area contributed by atoms with Crippen molar-refractivity contribution >= 4 is 17.7 Å². The molecule has 1 saturated carbocycles. The Morgan fingerprint density at radius 2 is 1.83 bits per heavy atom. The maximum atomic E-state index is 12.8. The quantitative estimate of drug-likeness (QED) is 0.851. The Hall–Kier alpha value is -2.17. The average molecular weight is 312 g/mol. The van der Waals surface area contributed by atoms with Gasteiger partial charge in [0.1, 0.15) is 6.04 Å². The molecule has 120 valence electrons. The Bertz CT molecular complexity index is 692. The second-order valence-electron chi connectivity index (χ2n) is 6.75. The van der Waals surface area contributed by atoms with E-state index in [-0.39, 0.29) is 17.7 Å². The van der Waals surface area contributed by atoms with E-state index in [1.807, 2.05) is 12.1 Å². The summed E-state index contributed by atoms with van der Waals surface area (Å²) in [5.41, 5.74) is 3.11. The minimum absolute atomic E-state index is 0.0747. The van der Waals surface area contributed by atoms with Gasteiger partial charge in [-0.3, -0.25) is 19.7 Å². The van der Waals surface area contributed by atoms with E-state index in [0.717, 1.165) is 11.1 Å². The van der Waals surface area contributed by atoms with Gasteiger partial charge in [0.25, 0.3) is 5.91 Å². The molecule has 1 aromatic rings. The molecule has 1 unspecified atom stereocenters. The number of nitrogens with one attached hydrogen (secondary N) is 1. The molecule has 1 saturated heterocycles. The summed E-state index contributed by atoms with van der Waals surface area (Å²) in [6.45, 7) is 0.493. The second kappa shape index (κ2) is 5.48. The van der Waals surface area contributed by atoms with Crippen molar-refractivity contribution in [1.29, 1.82) is 0 Å². The van der Waals surface area contributed by atoms with Crippen molar-refractivity contribution in [1.82, 2.24) is 10.2 Å². The van der Waals surface area contributed by atoms with Crippen LogP contribution in [-0.2, 0) is 16.1 Å². The fourth-order valence-electron chi connectivity index (χ4n) is 4.23. The van der Waals surface area contributed by atoms with E-state index in [9.17, 15) is 14.4 Å². The number of hydrogen-bond donors (Lipinski definition) is 1. The number of benzene rings is 1. The standard InChI is InChI=1S/C18H20N2O3/c21-16-9-8-15(17(22)19-16)20-10-14-12(11-4-1-2-5-11)6-3-7-13(14)18(20)23/h3,6-7,11,15H,1-2,4-5,8-10H2,(H,19,21,22). The molecule has 5 heteroatoms. The fraction of sp³-hybridized carbons (Fsp3) is 0.500. The third kappa shape index (κ3) is 2.35. The largest absolute Gasteiger partial charge is 0.322 e. The highest BCUT2D eigenvalue weighted by Crippen LogP contribution is 2.39. The minimum atomic E-state index is -0.524. The van der Waals surface area contributed by atoms with Crippen LogP contribution < -0.4 is 5.32 Å². The van der Waals surface area contributed by atoms with Crippen LogP contribution in [0.4, 0.5) is 0 Å². The summed E-state index contributed by atoms with van der Waals surface area (Å²) < 4.78 is 0. The zero-order valence-electron chi connectivity index (χ0n) is 13.0. The van der Waals surface area contributed by atoms with Gasteiger partial charge < -0.3 is 4.90 Å². The smallest absolute Gasteiger partial charge is 0.255 e. The first-order valence-electron chi connectivity index (χ1n) is 8.41. The van der Waals surface area contributed by atoms with Crippen LogP contribution in [0.1, 0.15) is 65.9 Å². The summed E-state index contributed by atoms with van der Waals surface area (Å²) in [5.74, 6) is -0.124. The number of fused-ring (bicyclic) bond motifs is 1. The summed E-state index contributed by atoms with van der Waals surface area (Å²) in [5, 5.41) is 2.35. The van der Waals surface area contributed by atoms with Crippen molar-refractivity contribution in [3.63, 3.8) is 0 Å². The van der Waals surface area contributed by atoms with Crippen LogP contribution in [0.3, 0.4) is 0 Å². The van der Waals surface area contributed by atoms with Crippen LogP contribution in [0.2, 0.25) is 0 Å². The van der Waals surface area contributed by atoms with E-state index < -0.39 is 6.04 Å². The maximum Gasteiger partial charge on any atom is 0.255 e. The molecule has 0 spiro atoms. The molecular formula is C18H20N2O3. The lowest BCUT2D eigenvalue weighted by Crippen LogP contribution is -2.52. The molecule has 0 bridgehead atoms. The van der Waals surface area contributed by atoms with Crippen LogP contribution in [-0.4, -0.2) is 28.7 Å². The van der Waals surface area contributed by atoms with Crippen molar-refractivity contribution in [2.24, 2.45) is 0 Å². The summed E-state index contributed by atoms with van der Waals surface area (Å²) >= 11 is 0. The van der Waals surface area contributed by atoms with Gasteiger partial charge in [0.15, 0.2) is 0 Å². The first-order valence-corrected chi connectivity index (χ1v) is 8.41. The number of amides is 3. The Labute approximate surface area is 135 Å². The van der Waals surface area contributed by atoms with E-state index in [0.29, 0.717) is 25.3 Å². The Kier molecular flexibility index (Phi) is 3.43. The zero-order valence-corrected chi connectivity index (χ0v) is 13.0. The van der Waals surface area contributed by atoms with Crippen LogP contribution in [0, 0.1) is 0 Å². The highest BCUT2D eigenvalue weighted by molar-refractivity contribution is 6.05. The SMILES string of the molecule is O=C1CCC(N2Cc3c(cccc3C3CCCC3)C2=O)C(=O)N1. The molecule has 2 heterocycles. The highest BCUT2D eigenvalue weighted by atomic mass is 16.2. The Morgan fingerprint density at radius 1 is 1.04 bits per heavy atom. The van der Waals surface area contributed by atoms with Crippen LogP contribution >= 0.6 is 0 Å². The van der Waals surface area contributed by atoms with Crippen LogP contribution in [0.15, 0.2) is 18.2 Å². The molecule has 3 aliphatic rings. The number of rotatable bonds is 2. The van der Waals surface area contributed by atoms with Gasteiger partial charge in [-0.2, -0.15) is 0 Å². The molecule has 23 heavy (non-hydrogen) atoms. The first-order chi connectivity index (χ1) is 11.1. The Morgan fingerprint density at radius 3 is 2.57 bits per heavy atom. The van der Waals surface area contributed by atoms with Crippen molar-refractivity contribution in [3.05, 3.63) is 34.9 Å². The minimum Gasteiger partial charge on any atom is -0.322 e. The van der Waals surface area contributed by atoms with E-state index in [2.05, 4.69) is 11.4 Å². The predicted octanol–water partition coefficient (Wildman–Crippen LogP) is 2.11. The van der Waals surface area contributed by atoms with Crippen LogP contribution in [0.5, 0.6) is 0 Å². The van der Waals surface area contributed by atoms with Crippen LogP contribution in [0.25, 0.3) is 0 Å². The molecule has 1 N–H and O–H groups in total. The lowest BCUT2D eigenvalue weighted by atomic mass is 9.91. The van der Waals surface area contributed by atoms with E-state index in [1.165, 1.54) is 31.2 Å². The van der Waals surface area contributed by atoms with Gasteiger partial charge in [-0.25, -0.2) is 0 Å². The molecule has 1 aromatic carbocycles. The van der Waals surface area contributed by atoms with Gasteiger partial charge in [0, 0.05) is 18.5 Å². The molecule has 2 aliphatic heterocycles. The fourth-order valence-corrected chi connectivity index (χ4v) is 4.23. The number of carbonyl (C=O) groups is 3. The van der Waals surface area contributed by atoms with Gasteiger partial charge in [0.2, 0.25) is 11.8 Å². The molecule has 1 atom stereocenters. The third-order valence-electron chi connectivity index (χ3n) is 5.41. The second-order valence-corrected chi connectivity index (χ2v) is 6.75. The normalized spacial score (nSPS) is 25.0. The zero-order chi connectivity index (χ0) is 16.0. The van der Waals surface area contributed by atoms with Crippen molar-refractivity contribution in [2.45, 2.75) is 57.0 Å². The first kappa shape index (κ1) is 14.4. The molecule has 1 aliphatic carbocycles. The third-order valence-corrected chi connectivity index (χ3v) is 5.41. The topological polar surface area (TPSA) is 66.5 Å². The average Bonchev–Trinajstić information content (AvgIpc) is 3.16. The number of imide groups is 1. The molecule has 0 radical (unpaired) electrons.